The van der Waals surface area contributed by atoms with Gasteiger partial charge in [-0.3, -0.25) is 0 Å². The van der Waals surface area contributed by atoms with Crippen molar-refractivity contribution in [3.63, 3.8) is 0 Å². The highest BCUT2D eigenvalue weighted by atomic mass is 79.9. The van der Waals surface area contributed by atoms with Gasteiger partial charge < -0.3 is 9.84 Å². The van der Waals surface area contributed by atoms with Gasteiger partial charge in [-0.05, 0) is 41.5 Å². The lowest BCUT2D eigenvalue weighted by Crippen LogP contribution is -2.25. The summed E-state index contributed by atoms with van der Waals surface area (Å²) in [6.45, 7) is 1.79. The number of halogens is 1. The Morgan fingerprint density at radius 1 is 1.28 bits per heavy atom. The lowest BCUT2D eigenvalue weighted by molar-refractivity contribution is -0.145. The predicted molar refractivity (Wildman–Crippen MR) is 74.0 cm³/mol. The summed E-state index contributed by atoms with van der Waals surface area (Å²) in [4.78, 5) is 10.9. The van der Waals surface area contributed by atoms with Crippen LogP contribution < -0.4 is 4.74 Å². The summed E-state index contributed by atoms with van der Waals surface area (Å²) in [5, 5.41) is 11.1. The van der Waals surface area contributed by atoms with Gasteiger partial charge >= 0.3 is 5.97 Å². The van der Waals surface area contributed by atoms with E-state index >= 15 is 0 Å². The lowest BCUT2D eigenvalue weighted by atomic mass is 10.1. The summed E-state index contributed by atoms with van der Waals surface area (Å²) < 4.78 is 6.44. The molecule has 0 radical (unpaired) electrons. The molecule has 0 aliphatic heterocycles. The minimum atomic E-state index is -0.938. The molecule has 0 saturated heterocycles. The topological polar surface area (TPSA) is 46.5 Å². The maximum absolute atomic E-state index is 10.9. The van der Waals surface area contributed by atoms with Crippen molar-refractivity contribution < 1.29 is 14.6 Å². The Bertz CT molecular complexity index is 580. The molecule has 2 rings (SSSR count). The molecule has 0 aromatic heterocycles. The molecular formula is C14H13BrO3. The maximum atomic E-state index is 10.9. The third-order valence-electron chi connectivity index (χ3n) is 2.70. The highest BCUT2D eigenvalue weighted by molar-refractivity contribution is 9.10. The van der Waals surface area contributed by atoms with E-state index in [9.17, 15) is 4.79 Å². The number of hydrogen-bond donors (Lipinski definition) is 1. The molecular weight excluding hydrogens is 296 g/mol. The second kappa shape index (κ2) is 5.40. The Morgan fingerprint density at radius 3 is 2.67 bits per heavy atom. The number of carboxylic acid groups (broad SMARTS) is 1. The average Bonchev–Trinajstić information content (AvgIpc) is 2.35. The highest BCUT2D eigenvalue weighted by Gasteiger charge is 2.16. The van der Waals surface area contributed by atoms with Crippen molar-refractivity contribution in [2.75, 3.05) is 0 Å². The zero-order chi connectivity index (χ0) is 13.1. The fourth-order valence-electron chi connectivity index (χ4n) is 1.74. The number of rotatable bonds is 4. The molecule has 0 fully saturated rings. The van der Waals surface area contributed by atoms with Gasteiger partial charge in [0.15, 0.2) is 6.10 Å². The molecule has 1 N–H and O–H groups in total. The second-order valence-corrected chi connectivity index (χ2v) is 4.92. The first-order valence-corrected chi connectivity index (χ1v) is 6.48. The van der Waals surface area contributed by atoms with Crippen molar-refractivity contribution in [3.8, 4) is 5.75 Å². The summed E-state index contributed by atoms with van der Waals surface area (Å²) in [6, 6.07) is 11.5. The van der Waals surface area contributed by atoms with Gasteiger partial charge in [0.25, 0.3) is 0 Å². The van der Waals surface area contributed by atoms with Crippen LogP contribution in [0.3, 0.4) is 0 Å². The van der Waals surface area contributed by atoms with Crippen molar-refractivity contribution in [3.05, 3.63) is 40.9 Å². The first kappa shape index (κ1) is 12.9. The molecule has 0 amide bonds. The van der Waals surface area contributed by atoms with Crippen LogP contribution in [0, 0.1) is 0 Å². The van der Waals surface area contributed by atoms with Gasteiger partial charge in [0.1, 0.15) is 5.75 Å². The summed E-state index contributed by atoms with van der Waals surface area (Å²) in [5.74, 6) is -0.360. The van der Waals surface area contributed by atoms with Gasteiger partial charge in [0, 0.05) is 4.47 Å². The fraction of sp³-hybridized carbons (Fsp3) is 0.214. The van der Waals surface area contributed by atoms with E-state index in [-0.39, 0.29) is 0 Å². The highest BCUT2D eigenvalue weighted by Crippen LogP contribution is 2.25. The van der Waals surface area contributed by atoms with Crippen LogP contribution in [0.5, 0.6) is 5.75 Å². The van der Waals surface area contributed by atoms with Gasteiger partial charge in [-0.2, -0.15) is 0 Å². The molecule has 94 valence electrons. The first-order chi connectivity index (χ1) is 8.60. The molecule has 18 heavy (non-hydrogen) atoms. The standard InChI is InChI=1S/C14H13BrO3/c1-2-13(14(16)17)18-12-6-4-9-3-5-11(15)7-10(9)8-12/h3-8,13H,2H2,1H3,(H,16,17). The van der Waals surface area contributed by atoms with Crippen LogP contribution in [0.1, 0.15) is 13.3 Å². The zero-order valence-electron chi connectivity index (χ0n) is 9.89. The normalized spacial score (nSPS) is 12.3. The zero-order valence-corrected chi connectivity index (χ0v) is 11.5. The lowest BCUT2D eigenvalue weighted by Gasteiger charge is -2.13. The maximum Gasteiger partial charge on any atom is 0.344 e. The van der Waals surface area contributed by atoms with Crippen LogP contribution >= 0.6 is 15.9 Å². The van der Waals surface area contributed by atoms with Crippen LogP contribution in [0.4, 0.5) is 0 Å². The molecule has 0 saturated carbocycles. The van der Waals surface area contributed by atoms with Crippen LogP contribution in [0.2, 0.25) is 0 Å². The van der Waals surface area contributed by atoms with Crippen molar-refractivity contribution in [1.29, 1.82) is 0 Å². The monoisotopic (exact) mass is 308 g/mol. The third-order valence-corrected chi connectivity index (χ3v) is 3.19. The van der Waals surface area contributed by atoms with E-state index in [1.165, 1.54) is 0 Å². The van der Waals surface area contributed by atoms with Crippen LogP contribution in [-0.4, -0.2) is 17.2 Å². The molecule has 2 aromatic carbocycles. The summed E-state index contributed by atoms with van der Waals surface area (Å²) in [7, 11) is 0. The van der Waals surface area contributed by atoms with Crippen molar-refractivity contribution in [2.24, 2.45) is 0 Å². The number of ether oxygens (including phenoxy) is 1. The average molecular weight is 309 g/mol. The molecule has 0 aliphatic carbocycles. The number of carboxylic acids is 1. The number of aliphatic carboxylic acids is 1. The van der Waals surface area contributed by atoms with E-state index in [0.29, 0.717) is 12.2 Å². The molecule has 0 bridgehead atoms. The largest absolute Gasteiger partial charge is 0.479 e. The minimum Gasteiger partial charge on any atom is -0.479 e. The van der Waals surface area contributed by atoms with E-state index in [0.717, 1.165) is 15.2 Å². The van der Waals surface area contributed by atoms with E-state index < -0.39 is 12.1 Å². The molecule has 4 heteroatoms. The van der Waals surface area contributed by atoms with Gasteiger partial charge in [-0.1, -0.05) is 35.0 Å². The first-order valence-electron chi connectivity index (χ1n) is 5.69. The molecule has 1 unspecified atom stereocenters. The SMILES string of the molecule is CCC(Oc1ccc2ccc(Br)cc2c1)C(=O)O. The third kappa shape index (κ3) is 2.82. The summed E-state index contributed by atoms with van der Waals surface area (Å²) in [5.41, 5.74) is 0. The van der Waals surface area contributed by atoms with Crippen molar-refractivity contribution >= 4 is 32.7 Å². The van der Waals surface area contributed by atoms with Gasteiger partial charge in [-0.15, -0.1) is 0 Å². The van der Waals surface area contributed by atoms with E-state index in [2.05, 4.69) is 15.9 Å². The second-order valence-electron chi connectivity index (χ2n) is 4.01. The van der Waals surface area contributed by atoms with Crippen LogP contribution in [0.25, 0.3) is 10.8 Å². The van der Waals surface area contributed by atoms with Gasteiger partial charge in [0.2, 0.25) is 0 Å². The number of benzene rings is 2. The van der Waals surface area contributed by atoms with E-state index in [4.69, 9.17) is 9.84 Å². The predicted octanol–water partition coefficient (Wildman–Crippen LogP) is 3.84. The fourth-order valence-corrected chi connectivity index (χ4v) is 2.12. The molecule has 0 spiro atoms. The molecule has 0 aliphatic rings. The Kier molecular flexibility index (Phi) is 3.87. The Labute approximate surface area is 114 Å². The number of fused-ring (bicyclic) bond motifs is 1. The molecule has 0 heterocycles. The number of hydrogen-bond acceptors (Lipinski definition) is 2. The Hall–Kier alpha value is -1.55. The van der Waals surface area contributed by atoms with Crippen molar-refractivity contribution in [2.45, 2.75) is 19.4 Å². The van der Waals surface area contributed by atoms with Gasteiger partial charge in [-0.25, -0.2) is 4.79 Å². The molecule has 2 aromatic rings. The van der Waals surface area contributed by atoms with Crippen LogP contribution in [-0.2, 0) is 4.79 Å². The summed E-state index contributed by atoms with van der Waals surface area (Å²) in [6.07, 6.45) is -0.360. The molecule has 1 atom stereocenters. The smallest absolute Gasteiger partial charge is 0.344 e. The molecule has 3 nitrogen and oxygen atoms in total. The quantitative estimate of drug-likeness (QED) is 0.933. The van der Waals surface area contributed by atoms with Crippen molar-refractivity contribution in [1.82, 2.24) is 0 Å². The Balaban J connectivity index is 2.31. The Morgan fingerprint density at radius 2 is 2.00 bits per heavy atom. The summed E-state index contributed by atoms with van der Waals surface area (Å²) >= 11 is 3.41. The van der Waals surface area contributed by atoms with E-state index in [1.54, 1.807) is 13.0 Å². The van der Waals surface area contributed by atoms with Gasteiger partial charge in [0.05, 0.1) is 0 Å². The number of carbonyl (C=O) groups is 1. The minimum absolute atomic E-state index is 0.436. The van der Waals surface area contributed by atoms with Crippen LogP contribution in [0.15, 0.2) is 40.9 Å². The van der Waals surface area contributed by atoms with E-state index in [1.807, 2.05) is 30.3 Å².